The Morgan fingerprint density at radius 2 is 2.18 bits per heavy atom. The summed E-state index contributed by atoms with van der Waals surface area (Å²) in [5.74, 6) is 0.588. The lowest BCUT2D eigenvalue weighted by atomic mass is 10.2. The largest absolute Gasteiger partial charge is 0.356 e. The fourth-order valence-corrected chi connectivity index (χ4v) is 2.16. The number of amides is 1. The number of para-hydroxylation sites is 1. The first-order chi connectivity index (χ1) is 10.8. The van der Waals surface area contributed by atoms with Gasteiger partial charge in [-0.15, -0.1) is 0 Å². The molecule has 0 fully saturated rings. The van der Waals surface area contributed by atoms with Gasteiger partial charge in [-0.25, -0.2) is 0 Å². The second kappa shape index (κ2) is 6.76. The predicted octanol–water partition coefficient (Wildman–Crippen LogP) is 2.50. The van der Waals surface area contributed by atoms with E-state index in [1.807, 2.05) is 24.3 Å². The smallest absolute Gasteiger partial charge is 0.255 e. The Labute approximate surface area is 129 Å². The molecule has 0 saturated heterocycles. The Balaban J connectivity index is 1.70. The van der Waals surface area contributed by atoms with Crippen LogP contribution in [0.4, 0.5) is 11.4 Å². The van der Waals surface area contributed by atoms with Gasteiger partial charge in [-0.05, 0) is 30.7 Å². The Morgan fingerprint density at radius 3 is 2.95 bits per heavy atom. The van der Waals surface area contributed by atoms with Gasteiger partial charge in [0.1, 0.15) is 0 Å². The van der Waals surface area contributed by atoms with Crippen LogP contribution in [0.25, 0.3) is 0 Å². The highest BCUT2D eigenvalue weighted by Gasteiger charge is 2.08. The molecule has 0 unspecified atom stereocenters. The van der Waals surface area contributed by atoms with Gasteiger partial charge in [0, 0.05) is 36.1 Å². The molecule has 1 aliphatic rings. The number of nitrogens with zero attached hydrogens (tertiary/aromatic N) is 1. The van der Waals surface area contributed by atoms with E-state index in [1.165, 1.54) is 0 Å². The van der Waals surface area contributed by atoms with E-state index < -0.39 is 0 Å². The topological polar surface area (TPSA) is 65.5 Å². The molecule has 0 aromatic heterocycles. The summed E-state index contributed by atoms with van der Waals surface area (Å²) in [6.45, 7) is 1.73. The van der Waals surface area contributed by atoms with Crippen molar-refractivity contribution in [1.82, 2.24) is 5.32 Å². The monoisotopic (exact) mass is 293 g/mol. The van der Waals surface area contributed by atoms with E-state index in [0.717, 1.165) is 31.2 Å². The molecule has 2 aromatic rings. The number of carbonyl (C=O) groups is 1. The Kier molecular flexibility index (Phi) is 4.34. The van der Waals surface area contributed by atoms with Gasteiger partial charge in [-0.2, -0.15) is 0 Å². The van der Waals surface area contributed by atoms with E-state index in [4.69, 9.17) is 0 Å². The first-order valence-electron chi connectivity index (χ1n) is 7.25. The Morgan fingerprint density at radius 1 is 1.23 bits per heavy atom. The zero-order chi connectivity index (χ0) is 15.2. The van der Waals surface area contributed by atoms with E-state index in [9.17, 15) is 4.79 Å². The van der Waals surface area contributed by atoms with Crippen molar-refractivity contribution >= 4 is 23.2 Å². The third-order valence-corrected chi connectivity index (χ3v) is 3.24. The van der Waals surface area contributed by atoms with Crippen LogP contribution in [0.1, 0.15) is 16.8 Å². The van der Waals surface area contributed by atoms with E-state index in [2.05, 4.69) is 27.0 Å². The number of aliphatic imine (C=N–C) groups is 1. The molecule has 0 saturated carbocycles. The van der Waals surface area contributed by atoms with Crippen molar-refractivity contribution in [2.45, 2.75) is 6.42 Å². The molecule has 1 radical (unpaired) electrons. The maximum Gasteiger partial charge on any atom is 0.255 e. The molecule has 0 bridgehead atoms. The molecule has 2 aromatic carbocycles. The minimum atomic E-state index is -0.162. The molecular formula is C17H17N4O. The lowest BCUT2D eigenvalue weighted by molar-refractivity contribution is 0.102. The van der Waals surface area contributed by atoms with Crippen molar-refractivity contribution in [2.24, 2.45) is 4.99 Å². The van der Waals surface area contributed by atoms with Gasteiger partial charge in [0.15, 0.2) is 5.96 Å². The second-order valence-corrected chi connectivity index (χ2v) is 4.95. The van der Waals surface area contributed by atoms with Crippen LogP contribution < -0.4 is 16.0 Å². The predicted molar refractivity (Wildman–Crippen MR) is 88.2 cm³/mol. The SMILES string of the molecule is O=C(Nc1[c]cccc1)c1cccc(NC2=NCCCN2)c1. The number of guanidine groups is 1. The van der Waals surface area contributed by atoms with Crippen LogP contribution in [0, 0.1) is 6.07 Å². The summed E-state index contributed by atoms with van der Waals surface area (Å²) in [5.41, 5.74) is 2.07. The number of hydrogen-bond donors (Lipinski definition) is 3. The lowest BCUT2D eigenvalue weighted by Gasteiger charge is -2.16. The van der Waals surface area contributed by atoms with Crippen LogP contribution >= 0.6 is 0 Å². The van der Waals surface area contributed by atoms with Gasteiger partial charge in [0.25, 0.3) is 5.91 Å². The molecule has 1 heterocycles. The molecule has 5 heteroatoms. The molecule has 0 spiro atoms. The third-order valence-electron chi connectivity index (χ3n) is 3.24. The van der Waals surface area contributed by atoms with E-state index in [-0.39, 0.29) is 5.91 Å². The van der Waals surface area contributed by atoms with Crippen molar-refractivity contribution in [2.75, 3.05) is 23.7 Å². The van der Waals surface area contributed by atoms with E-state index >= 15 is 0 Å². The summed E-state index contributed by atoms with van der Waals surface area (Å²) in [7, 11) is 0. The van der Waals surface area contributed by atoms with Gasteiger partial charge < -0.3 is 16.0 Å². The maximum absolute atomic E-state index is 12.3. The van der Waals surface area contributed by atoms with Gasteiger partial charge in [-0.1, -0.05) is 24.3 Å². The van der Waals surface area contributed by atoms with Crippen molar-refractivity contribution in [3.05, 3.63) is 60.2 Å². The number of rotatable bonds is 3. The molecule has 1 aliphatic heterocycles. The third kappa shape index (κ3) is 3.63. The van der Waals surface area contributed by atoms with Crippen molar-refractivity contribution in [1.29, 1.82) is 0 Å². The van der Waals surface area contributed by atoms with Crippen molar-refractivity contribution in [3.8, 4) is 0 Å². The summed E-state index contributed by atoms with van der Waals surface area (Å²) >= 11 is 0. The highest BCUT2D eigenvalue weighted by molar-refractivity contribution is 6.05. The van der Waals surface area contributed by atoms with Crippen molar-refractivity contribution < 1.29 is 4.79 Å². The summed E-state index contributed by atoms with van der Waals surface area (Å²) in [4.78, 5) is 16.6. The van der Waals surface area contributed by atoms with Crippen LogP contribution in [-0.4, -0.2) is 25.0 Å². The molecular weight excluding hydrogens is 276 g/mol. The molecule has 3 N–H and O–H groups in total. The fourth-order valence-electron chi connectivity index (χ4n) is 2.16. The van der Waals surface area contributed by atoms with Crippen LogP contribution in [0.5, 0.6) is 0 Å². The highest BCUT2D eigenvalue weighted by Crippen LogP contribution is 2.13. The normalized spacial score (nSPS) is 13.7. The first-order valence-corrected chi connectivity index (χ1v) is 7.25. The van der Waals surface area contributed by atoms with E-state index in [0.29, 0.717) is 11.3 Å². The number of nitrogens with one attached hydrogen (secondary N) is 3. The number of carbonyl (C=O) groups excluding carboxylic acids is 1. The summed E-state index contributed by atoms with van der Waals surface area (Å²) in [6.07, 6.45) is 1.04. The lowest BCUT2D eigenvalue weighted by Crippen LogP contribution is -2.35. The van der Waals surface area contributed by atoms with Crippen LogP contribution in [0.15, 0.2) is 53.5 Å². The van der Waals surface area contributed by atoms with Gasteiger partial charge in [0.05, 0.1) is 0 Å². The molecule has 0 aliphatic carbocycles. The quantitative estimate of drug-likeness (QED) is 0.814. The molecule has 3 rings (SSSR count). The van der Waals surface area contributed by atoms with Crippen LogP contribution in [-0.2, 0) is 0 Å². The van der Waals surface area contributed by atoms with Gasteiger partial charge in [0.2, 0.25) is 0 Å². The van der Waals surface area contributed by atoms with Crippen LogP contribution in [0.3, 0.4) is 0 Å². The van der Waals surface area contributed by atoms with Gasteiger partial charge in [-0.3, -0.25) is 9.79 Å². The summed E-state index contributed by atoms with van der Waals surface area (Å²) in [6, 6.07) is 17.6. The maximum atomic E-state index is 12.3. The fraction of sp³-hybridized carbons (Fsp3) is 0.176. The van der Waals surface area contributed by atoms with Crippen LogP contribution in [0.2, 0.25) is 0 Å². The number of anilines is 2. The average molecular weight is 293 g/mol. The zero-order valence-corrected chi connectivity index (χ0v) is 12.1. The standard InChI is InChI=1S/C17H17N4O/c22-16(20-14-7-2-1-3-8-14)13-6-4-9-15(12-13)21-17-18-10-5-11-19-17/h1-4,6-7,9,12H,5,10-11H2,(H,20,22)(H2,18,19,21). The molecule has 1 amide bonds. The molecule has 22 heavy (non-hydrogen) atoms. The minimum absolute atomic E-state index is 0.162. The molecule has 5 nitrogen and oxygen atoms in total. The Hall–Kier alpha value is -2.82. The summed E-state index contributed by atoms with van der Waals surface area (Å²) in [5, 5.41) is 9.20. The second-order valence-electron chi connectivity index (χ2n) is 4.95. The highest BCUT2D eigenvalue weighted by atomic mass is 16.1. The average Bonchev–Trinajstić information content (AvgIpc) is 2.57. The Bertz CT molecular complexity index is 682. The van der Waals surface area contributed by atoms with E-state index in [1.54, 1.807) is 24.3 Å². The summed E-state index contributed by atoms with van der Waals surface area (Å²) < 4.78 is 0. The van der Waals surface area contributed by atoms with Crippen molar-refractivity contribution in [3.63, 3.8) is 0 Å². The number of benzene rings is 2. The molecule has 0 atom stereocenters. The minimum Gasteiger partial charge on any atom is -0.356 e. The first kappa shape index (κ1) is 14.1. The van der Waals surface area contributed by atoms with Gasteiger partial charge >= 0.3 is 0 Å². The number of hydrogen-bond acceptors (Lipinski definition) is 4. The zero-order valence-electron chi connectivity index (χ0n) is 12.1. The molecule has 111 valence electrons.